The number of hydrogen-bond acceptors (Lipinski definition) is 6. The number of nitrogens with one attached hydrogen (secondary N) is 2. The number of carboxylic acids is 2. The standard InChI is InChI=1S/2C16H16FNO4S.C2H6/c1-2-4-11-7-9-12(10-8-11)23(21,22)18-14-6-3-5-13(17)15(14)16(19)20;1-2-3-11-4-7-13(8-5-11)23(21,22)18-15-9-6-12(17)10-14(15)16(19)20;1-2/h3,5-10,18H,2,4H2,1H3,(H,19,20);4-10,18H,2-3H2,1H3,(H,19,20);1-2H3. The summed E-state index contributed by atoms with van der Waals surface area (Å²) in [6.45, 7) is 8.04. The maximum absolute atomic E-state index is 13.6. The van der Waals surface area contributed by atoms with E-state index in [4.69, 9.17) is 10.2 Å². The molecule has 0 radical (unpaired) electrons. The van der Waals surface area contributed by atoms with E-state index < -0.39 is 54.7 Å². The van der Waals surface area contributed by atoms with Crippen molar-refractivity contribution in [3.8, 4) is 0 Å². The summed E-state index contributed by atoms with van der Waals surface area (Å²) in [5, 5.41) is 18.1. The van der Waals surface area contributed by atoms with Crippen LogP contribution in [0.25, 0.3) is 0 Å². The summed E-state index contributed by atoms with van der Waals surface area (Å²) in [5.41, 5.74) is 0.365. The molecule has 0 heterocycles. The minimum atomic E-state index is -4.00. The first-order valence-corrected chi connectivity index (χ1v) is 17.9. The normalized spacial score (nSPS) is 10.9. The van der Waals surface area contributed by atoms with Crippen molar-refractivity contribution in [2.45, 2.75) is 63.2 Å². The van der Waals surface area contributed by atoms with Crippen molar-refractivity contribution in [2.24, 2.45) is 0 Å². The van der Waals surface area contributed by atoms with Crippen molar-refractivity contribution >= 4 is 43.4 Å². The van der Waals surface area contributed by atoms with Gasteiger partial charge in [0, 0.05) is 0 Å². The van der Waals surface area contributed by atoms with Gasteiger partial charge in [0.25, 0.3) is 20.0 Å². The van der Waals surface area contributed by atoms with Crippen molar-refractivity contribution in [1.82, 2.24) is 0 Å². The lowest BCUT2D eigenvalue weighted by Gasteiger charge is -2.11. The van der Waals surface area contributed by atoms with E-state index in [2.05, 4.69) is 9.44 Å². The van der Waals surface area contributed by atoms with E-state index in [0.717, 1.165) is 61.1 Å². The van der Waals surface area contributed by atoms with E-state index in [0.29, 0.717) is 0 Å². The Labute approximate surface area is 279 Å². The van der Waals surface area contributed by atoms with Gasteiger partial charge < -0.3 is 10.2 Å². The first kappa shape index (κ1) is 39.4. The molecule has 4 rings (SSSR count). The molecule has 0 saturated carbocycles. The second kappa shape index (κ2) is 17.9. The fourth-order valence-electron chi connectivity index (χ4n) is 4.26. The minimum absolute atomic E-state index is 0.0121. The molecule has 48 heavy (non-hydrogen) atoms. The van der Waals surface area contributed by atoms with Crippen LogP contribution < -0.4 is 9.44 Å². The Morgan fingerprint density at radius 2 is 1.10 bits per heavy atom. The predicted octanol–water partition coefficient (Wildman–Crippen LogP) is 7.58. The molecule has 0 unspecified atom stereocenters. The van der Waals surface area contributed by atoms with E-state index in [1.54, 1.807) is 24.3 Å². The quantitative estimate of drug-likeness (QED) is 0.117. The van der Waals surface area contributed by atoms with Gasteiger partial charge in [0.1, 0.15) is 17.2 Å². The molecular weight excluding hydrogens is 667 g/mol. The number of aryl methyl sites for hydroxylation is 2. The molecule has 0 fully saturated rings. The maximum atomic E-state index is 13.6. The zero-order chi connectivity index (χ0) is 36.1. The molecule has 0 saturated heterocycles. The Bertz CT molecular complexity index is 1920. The molecule has 4 aromatic rings. The molecule has 258 valence electrons. The molecular formula is C34H38F2N2O8S2. The van der Waals surface area contributed by atoms with Crippen LogP contribution in [0.1, 0.15) is 72.4 Å². The second-order valence-electron chi connectivity index (χ2n) is 9.96. The highest BCUT2D eigenvalue weighted by atomic mass is 32.2. The van der Waals surface area contributed by atoms with Crippen LogP contribution in [0.5, 0.6) is 0 Å². The maximum Gasteiger partial charge on any atom is 0.340 e. The molecule has 0 bridgehead atoms. The molecule has 14 heteroatoms. The van der Waals surface area contributed by atoms with E-state index in [1.807, 2.05) is 27.7 Å². The van der Waals surface area contributed by atoms with E-state index in [-0.39, 0.29) is 21.2 Å². The summed E-state index contributed by atoms with van der Waals surface area (Å²) in [7, 11) is -7.95. The van der Waals surface area contributed by atoms with Crippen molar-refractivity contribution in [1.29, 1.82) is 0 Å². The zero-order valence-corrected chi connectivity index (χ0v) is 28.5. The summed E-state index contributed by atoms with van der Waals surface area (Å²) < 4.78 is 80.4. The zero-order valence-electron chi connectivity index (χ0n) is 26.8. The van der Waals surface area contributed by atoms with Gasteiger partial charge in [0.15, 0.2) is 0 Å². The monoisotopic (exact) mass is 704 g/mol. The second-order valence-corrected chi connectivity index (χ2v) is 13.3. The number of carboxylic acid groups (broad SMARTS) is 2. The number of anilines is 2. The van der Waals surface area contributed by atoms with E-state index in [1.165, 1.54) is 36.4 Å². The van der Waals surface area contributed by atoms with Crippen molar-refractivity contribution in [3.63, 3.8) is 0 Å². The number of sulfonamides is 2. The first-order valence-electron chi connectivity index (χ1n) is 15.0. The first-order chi connectivity index (χ1) is 22.7. The SMILES string of the molecule is CC.CCCc1ccc(S(=O)(=O)Nc2ccc(F)cc2C(=O)O)cc1.CCCc1ccc(S(=O)(=O)Nc2cccc(F)c2C(=O)O)cc1. The third kappa shape index (κ3) is 10.9. The Morgan fingerprint density at radius 3 is 1.52 bits per heavy atom. The molecule has 10 nitrogen and oxygen atoms in total. The number of hydrogen-bond donors (Lipinski definition) is 4. The van der Waals surface area contributed by atoms with Gasteiger partial charge >= 0.3 is 11.9 Å². The molecule has 4 N–H and O–H groups in total. The van der Waals surface area contributed by atoms with Gasteiger partial charge in [-0.1, -0.05) is 70.9 Å². The number of aromatic carboxylic acids is 2. The highest BCUT2D eigenvalue weighted by Crippen LogP contribution is 2.24. The Hall–Kier alpha value is -4.82. The molecule has 0 aliphatic heterocycles. The van der Waals surface area contributed by atoms with Gasteiger partial charge in [-0.2, -0.15) is 0 Å². The van der Waals surface area contributed by atoms with Gasteiger partial charge in [0.2, 0.25) is 0 Å². The van der Waals surface area contributed by atoms with Crippen LogP contribution in [-0.2, 0) is 32.9 Å². The van der Waals surface area contributed by atoms with Gasteiger partial charge in [-0.15, -0.1) is 0 Å². The van der Waals surface area contributed by atoms with Gasteiger partial charge in [-0.25, -0.2) is 35.2 Å². The topological polar surface area (TPSA) is 167 Å². The fraction of sp³-hybridized carbons (Fsp3) is 0.235. The third-order valence-electron chi connectivity index (χ3n) is 6.47. The van der Waals surface area contributed by atoms with E-state index in [9.17, 15) is 35.2 Å². The molecule has 0 aromatic heterocycles. The summed E-state index contributed by atoms with van der Waals surface area (Å²) in [6.07, 6.45) is 3.56. The Kier molecular flexibility index (Phi) is 14.7. The van der Waals surface area contributed by atoms with Crippen LogP contribution in [0.15, 0.2) is 94.7 Å². The van der Waals surface area contributed by atoms with Crippen LogP contribution in [0, 0.1) is 11.6 Å². The van der Waals surface area contributed by atoms with Crippen LogP contribution in [0.2, 0.25) is 0 Å². The molecule has 0 aliphatic rings. The summed E-state index contributed by atoms with van der Waals surface area (Å²) in [4.78, 5) is 22.2. The number of halogens is 2. The van der Waals surface area contributed by atoms with Crippen LogP contribution in [-0.4, -0.2) is 39.0 Å². The summed E-state index contributed by atoms with van der Waals surface area (Å²) in [5.74, 6) is -4.72. The lowest BCUT2D eigenvalue weighted by molar-refractivity contribution is 0.0684. The highest BCUT2D eigenvalue weighted by molar-refractivity contribution is 7.93. The molecule has 0 aliphatic carbocycles. The third-order valence-corrected chi connectivity index (χ3v) is 9.24. The average Bonchev–Trinajstić information content (AvgIpc) is 3.03. The highest BCUT2D eigenvalue weighted by Gasteiger charge is 2.22. The number of benzene rings is 4. The molecule has 0 atom stereocenters. The number of rotatable bonds is 12. The lowest BCUT2D eigenvalue weighted by Crippen LogP contribution is -2.16. The van der Waals surface area contributed by atoms with E-state index >= 15 is 0 Å². The van der Waals surface area contributed by atoms with Crippen molar-refractivity contribution in [3.05, 3.63) is 119 Å². The summed E-state index contributed by atoms with van der Waals surface area (Å²) >= 11 is 0. The van der Waals surface area contributed by atoms with Crippen LogP contribution in [0.3, 0.4) is 0 Å². The molecule has 4 aromatic carbocycles. The average molecular weight is 705 g/mol. The van der Waals surface area contributed by atoms with Gasteiger partial charge in [-0.05, 0) is 78.6 Å². The largest absolute Gasteiger partial charge is 0.478 e. The van der Waals surface area contributed by atoms with Crippen molar-refractivity contribution < 1.29 is 45.4 Å². The minimum Gasteiger partial charge on any atom is -0.478 e. The fourth-order valence-corrected chi connectivity index (χ4v) is 6.42. The van der Waals surface area contributed by atoms with Crippen LogP contribution in [0.4, 0.5) is 20.2 Å². The van der Waals surface area contributed by atoms with Crippen molar-refractivity contribution in [2.75, 3.05) is 9.44 Å². The van der Waals surface area contributed by atoms with Gasteiger partial charge in [0.05, 0.1) is 26.7 Å². The molecule has 0 amide bonds. The smallest absolute Gasteiger partial charge is 0.340 e. The Morgan fingerprint density at radius 1 is 0.646 bits per heavy atom. The number of carbonyl (C=O) groups is 2. The van der Waals surface area contributed by atoms with Crippen LogP contribution >= 0.6 is 0 Å². The predicted molar refractivity (Wildman–Crippen MR) is 181 cm³/mol. The molecule has 0 spiro atoms. The van der Waals surface area contributed by atoms with Gasteiger partial charge in [-0.3, -0.25) is 9.44 Å². The Balaban J connectivity index is 0.000000317. The summed E-state index contributed by atoms with van der Waals surface area (Å²) in [6, 6.07) is 18.8. The lowest BCUT2D eigenvalue weighted by atomic mass is 10.1.